The van der Waals surface area contributed by atoms with E-state index in [0.29, 0.717) is 11.8 Å². The number of carbonyl (C=O) groups excluding carboxylic acids is 1. The topological polar surface area (TPSA) is 69.0 Å². The molecule has 1 aromatic heterocycles. The number of hydrogen-bond donors (Lipinski definition) is 1. The highest BCUT2D eigenvalue weighted by Crippen LogP contribution is 2.24. The van der Waals surface area contributed by atoms with Crippen molar-refractivity contribution in [1.29, 1.82) is 0 Å². The van der Waals surface area contributed by atoms with Gasteiger partial charge < -0.3 is 10.1 Å². The molecule has 6 nitrogen and oxygen atoms in total. The molecule has 0 saturated carbocycles. The summed E-state index contributed by atoms with van der Waals surface area (Å²) in [6.45, 7) is 8.55. The lowest BCUT2D eigenvalue weighted by Gasteiger charge is -2.10. The molecule has 0 aliphatic carbocycles. The highest BCUT2D eigenvalue weighted by Gasteiger charge is 2.14. The third kappa shape index (κ3) is 4.72. The second kappa shape index (κ2) is 8.93. The first-order valence-electron chi connectivity index (χ1n) is 9.13. The molecule has 0 unspecified atom stereocenters. The summed E-state index contributed by atoms with van der Waals surface area (Å²) in [6.07, 6.45) is 0. The molecule has 1 N–H and O–H groups in total. The van der Waals surface area contributed by atoms with Gasteiger partial charge >= 0.3 is 0 Å². The maximum atomic E-state index is 12.3. The molecule has 0 saturated heterocycles. The van der Waals surface area contributed by atoms with E-state index in [-0.39, 0.29) is 11.7 Å². The maximum absolute atomic E-state index is 12.3. The van der Waals surface area contributed by atoms with Gasteiger partial charge in [0.1, 0.15) is 11.6 Å². The standard InChI is InChI=1S/C21H24N4O2S/c1-5-27-19-10-8-18(9-11-19)25-16(4)23-24-21(25)28-13-20(26)22-17-7-6-14(2)15(3)12-17/h6-12H,5,13H2,1-4H3,(H,22,26). The van der Waals surface area contributed by atoms with Crippen LogP contribution < -0.4 is 10.1 Å². The van der Waals surface area contributed by atoms with Crippen molar-refractivity contribution in [3.05, 3.63) is 59.4 Å². The van der Waals surface area contributed by atoms with E-state index in [9.17, 15) is 4.79 Å². The van der Waals surface area contributed by atoms with Crippen molar-refractivity contribution in [1.82, 2.24) is 14.8 Å². The zero-order valence-corrected chi connectivity index (χ0v) is 17.3. The summed E-state index contributed by atoms with van der Waals surface area (Å²) < 4.78 is 7.43. The van der Waals surface area contributed by atoms with Crippen molar-refractivity contribution in [3.8, 4) is 11.4 Å². The molecule has 1 heterocycles. The van der Waals surface area contributed by atoms with Crippen molar-refractivity contribution < 1.29 is 9.53 Å². The molecule has 0 aliphatic heterocycles. The number of carbonyl (C=O) groups is 1. The van der Waals surface area contributed by atoms with Crippen LogP contribution in [0.25, 0.3) is 5.69 Å². The largest absolute Gasteiger partial charge is 0.494 e. The number of thioether (sulfide) groups is 1. The highest BCUT2D eigenvalue weighted by atomic mass is 32.2. The van der Waals surface area contributed by atoms with E-state index in [1.165, 1.54) is 17.3 Å². The Morgan fingerprint density at radius 3 is 2.50 bits per heavy atom. The first-order valence-corrected chi connectivity index (χ1v) is 10.1. The molecule has 146 valence electrons. The fourth-order valence-electron chi connectivity index (χ4n) is 2.74. The smallest absolute Gasteiger partial charge is 0.234 e. The number of nitrogens with zero attached hydrogens (tertiary/aromatic N) is 3. The molecule has 1 amide bonds. The molecule has 28 heavy (non-hydrogen) atoms. The number of rotatable bonds is 7. The zero-order valence-electron chi connectivity index (χ0n) is 16.5. The summed E-state index contributed by atoms with van der Waals surface area (Å²) in [7, 11) is 0. The number of hydrogen-bond acceptors (Lipinski definition) is 5. The second-order valence-electron chi connectivity index (χ2n) is 6.43. The Morgan fingerprint density at radius 2 is 1.82 bits per heavy atom. The van der Waals surface area contributed by atoms with Gasteiger partial charge in [-0.3, -0.25) is 9.36 Å². The summed E-state index contributed by atoms with van der Waals surface area (Å²) in [5.74, 6) is 1.76. The summed E-state index contributed by atoms with van der Waals surface area (Å²) in [4.78, 5) is 12.3. The molecule has 0 radical (unpaired) electrons. The predicted molar refractivity (Wildman–Crippen MR) is 113 cm³/mol. The molecule has 2 aromatic carbocycles. The van der Waals surface area contributed by atoms with Crippen LogP contribution in [0.2, 0.25) is 0 Å². The Balaban J connectivity index is 1.68. The quantitative estimate of drug-likeness (QED) is 0.602. The van der Waals surface area contributed by atoms with Crippen LogP contribution in [-0.2, 0) is 4.79 Å². The van der Waals surface area contributed by atoms with Gasteiger partial charge in [-0.05, 0) is 75.2 Å². The Morgan fingerprint density at radius 1 is 1.07 bits per heavy atom. The van der Waals surface area contributed by atoms with Crippen molar-refractivity contribution >= 4 is 23.4 Å². The van der Waals surface area contributed by atoms with E-state index in [4.69, 9.17) is 4.74 Å². The minimum absolute atomic E-state index is 0.0767. The van der Waals surface area contributed by atoms with E-state index >= 15 is 0 Å². The lowest BCUT2D eigenvalue weighted by molar-refractivity contribution is -0.113. The monoisotopic (exact) mass is 396 g/mol. The van der Waals surface area contributed by atoms with E-state index in [2.05, 4.69) is 15.5 Å². The zero-order chi connectivity index (χ0) is 20.1. The predicted octanol–water partition coefficient (Wildman–Crippen LogP) is 4.32. The van der Waals surface area contributed by atoms with Crippen LogP contribution in [0.15, 0.2) is 47.6 Å². The van der Waals surface area contributed by atoms with Crippen LogP contribution in [0.3, 0.4) is 0 Å². The molecule has 0 fully saturated rings. The lowest BCUT2D eigenvalue weighted by Crippen LogP contribution is -2.14. The summed E-state index contributed by atoms with van der Waals surface area (Å²) in [5, 5.41) is 12.0. The number of ether oxygens (including phenoxy) is 1. The van der Waals surface area contributed by atoms with Crippen molar-refractivity contribution in [2.24, 2.45) is 0 Å². The van der Waals surface area contributed by atoms with Crippen molar-refractivity contribution in [3.63, 3.8) is 0 Å². The average molecular weight is 397 g/mol. The molecule has 3 rings (SSSR count). The fraction of sp³-hybridized carbons (Fsp3) is 0.286. The molecular weight excluding hydrogens is 372 g/mol. The number of anilines is 1. The third-order valence-corrected chi connectivity index (χ3v) is 5.25. The summed E-state index contributed by atoms with van der Waals surface area (Å²) in [6, 6.07) is 13.6. The molecule has 0 atom stereocenters. The third-order valence-electron chi connectivity index (χ3n) is 4.32. The van der Waals surface area contributed by atoms with E-state index in [1.54, 1.807) is 0 Å². The van der Waals surface area contributed by atoms with Gasteiger partial charge in [0.25, 0.3) is 0 Å². The fourth-order valence-corrected chi connectivity index (χ4v) is 3.54. The molecular formula is C21H24N4O2S. The van der Waals surface area contributed by atoms with E-state index in [1.807, 2.05) is 74.7 Å². The van der Waals surface area contributed by atoms with Crippen LogP contribution in [0.1, 0.15) is 23.9 Å². The lowest BCUT2D eigenvalue weighted by atomic mass is 10.1. The first kappa shape index (κ1) is 19.9. The Labute approximate surface area is 169 Å². The van der Waals surface area contributed by atoms with Gasteiger partial charge in [-0.2, -0.15) is 0 Å². The Hall–Kier alpha value is -2.80. The number of benzene rings is 2. The minimum atomic E-state index is -0.0767. The van der Waals surface area contributed by atoms with Crippen LogP contribution >= 0.6 is 11.8 Å². The van der Waals surface area contributed by atoms with Gasteiger partial charge in [-0.15, -0.1) is 10.2 Å². The number of nitrogens with one attached hydrogen (secondary N) is 1. The normalized spacial score (nSPS) is 10.7. The van der Waals surface area contributed by atoms with E-state index < -0.39 is 0 Å². The van der Waals surface area contributed by atoms with Crippen LogP contribution in [0.5, 0.6) is 5.75 Å². The van der Waals surface area contributed by atoms with Crippen LogP contribution in [0, 0.1) is 20.8 Å². The van der Waals surface area contributed by atoms with Crippen molar-refractivity contribution in [2.45, 2.75) is 32.9 Å². The highest BCUT2D eigenvalue weighted by molar-refractivity contribution is 7.99. The molecule has 3 aromatic rings. The number of aromatic nitrogens is 3. The first-order chi connectivity index (χ1) is 13.5. The van der Waals surface area contributed by atoms with Crippen molar-refractivity contribution in [2.75, 3.05) is 17.7 Å². The van der Waals surface area contributed by atoms with Gasteiger partial charge in [-0.1, -0.05) is 17.8 Å². The van der Waals surface area contributed by atoms with E-state index in [0.717, 1.165) is 28.5 Å². The number of amides is 1. The molecule has 0 bridgehead atoms. The van der Waals surface area contributed by atoms with Gasteiger partial charge in [-0.25, -0.2) is 0 Å². The second-order valence-corrected chi connectivity index (χ2v) is 7.37. The average Bonchev–Trinajstić information content (AvgIpc) is 3.04. The minimum Gasteiger partial charge on any atom is -0.494 e. The maximum Gasteiger partial charge on any atom is 0.234 e. The Bertz CT molecular complexity index is 967. The van der Waals surface area contributed by atoms with Gasteiger partial charge in [0.15, 0.2) is 5.16 Å². The van der Waals surface area contributed by atoms with Crippen LogP contribution in [0.4, 0.5) is 5.69 Å². The molecule has 0 spiro atoms. The van der Waals surface area contributed by atoms with Gasteiger partial charge in [0.2, 0.25) is 5.91 Å². The molecule has 0 aliphatic rings. The summed E-state index contributed by atoms with van der Waals surface area (Å²) >= 11 is 1.36. The van der Waals surface area contributed by atoms with Gasteiger partial charge in [0, 0.05) is 11.4 Å². The summed E-state index contributed by atoms with van der Waals surface area (Å²) in [5.41, 5.74) is 4.09. The Kier molecular flexibility index (Phi) is 6.36. The van der Waals surface area contributed by atoms with Crippen LogP contribution in [-0.4, -0.2) is 33.0 Å². The SMILES string of the molecule is CCOc1ccc(-n2c(C)nnc2SCC(=O)Nc2ccc(C)c(C)c2)cc1. The molecule has 7 heteroatoms. The number of aryl methyl sites for hydroxylation is 3. The van der Waals surface area contributed by atoms with Gasteiger partial charge in [0.05, 0.1) is 12.4 Å².